The first kappa shape index (κ1) is 17.0. The molecule has 0 bridgehead atoms. The fourth-order valence-electron chi connectivity index (χ4n) is 3.48. The normalized spacial score (nSPS) is 20.0. The van der Waals surface area contributed by atoms with Crippen LogP contribution in [-0.4, -0.2) is 17.4 Å². The molecule has 1 fully saturated rings. The topological polar surface area (TPSA) is 46.3 Å². The van der Waals surface area contributed by atoms with Crippen molar-refractivity contribution in [2.24, 2.45) is 11.7 Å². The number of nitrogens with zero attached hydrogens (tertiary/aromatic N) is 1. The largest absolute Gasteiger partial charge is 0.335 e. The highest BCUT2D eigenvalue weighted by atomic mass is 35.5. The van der Waals surface area contributed by atoms with Gasteiger partial charge in [0.15, 0.2) is 0 Å². The molecule has 3 rings (SSSR count). The molecule has 3 nitrogen and oxygen atoms in total. The lowest BCUT2D eigenvalue weighted by molar-refractivity contribution is -0.136. The van der Waals surface area contributed by atoms with Crippen molar-refractivity contribution in [1.29, 1.82) is 0 Å². The molecule has 3 unspecified atom stereocenters. The second-order valence-electron chi connectivity index (χ2n) is 6.44. The minimum absolute atomic E-state index is 0.0524. The minimum atomic E-state index is -0.300. The summed E-state index contributed by atoms with van der Waals surface area (Å²) in [5, 5.41) is 0.724. The third kappa shape index (κ3) is 3.33. The van der Waals surface area contributed by atoms with Crippen LogP contribution in [0.1, 0.15) is 43.0 Å². The third-order valence-corrected chi connectivity index (χ3v) is 5.26. The quantitative estimate of drug-likeness (QED) is 0.898. The van der Waals surface area contributed by atoms with Gasteiger partial charge in [-0.1, -0.05) is 67.1 Å². The van der Waals surface area contributed by atoms with Crippen LogP contribution in [0.4, 0.5) is 0 Å². The molecule has 24 heavy (non-hydrogen) atoms. The molecule has 4 heteroatoms. The molecule has 0 aliphatic carbocycles. The number of likely N-dealkylation sites (tertiary alicyclic amines) is 1. The monoisotopic (exact) mass is 342 g/mol. The molecule has 126 valence electrons. The number of halogens is 1. The van der Waals surface area contributed by atoms with Gasteiger partial charge in [0.1, 0.15) is 0 Å². The summed E-state index contributed by atoms with van der Waals surface area (Å²) in [6.45, 7) is 2.68. The van der Waals surface area contributed by atoms with Gasteiger partial charge in [-0.05, 0) is 30.0 Å². The molecule has 0 aromatic heterocycles. The van der Waals surface area contributed by atoms with Crippen LogP contribution < -0.4 is 5.73 Å². The summed E-state index contributed by atoms with van der Waals surface area (Å²) >= 11 is 6.35. The molecule has 1 aliphatic heterocycles. The first-order chi connectivity index (χ1) is 11.6. The van der Waals surface area contributed by atoms with E-state index < -0.39 is 0 Å². The number of hydrogen-bond donors (Lipinski definition) is 1. The zero-order valence-corrected chi connectivity index (χ0v) is 14.6. The third-order valence-electron chi connectivity index (χ3n) is 4.91. The number of carbonyl (C=O) groups excluding carboxylic acids is 1. The Kier molecular flexibility index (Phi) is 5.22. The van der Waals surface area contributed by atoms with Crippen LogP contribution >= 0.6 is 11.6 Å². The van der Waals surface area contributed by atoms with Gasteiger partial charge >= 0.3 is 0 Å². The maximum Gasteiger partial charge on any atom is 0.227 e. The number of rotatable bonds is 4. The van der Waals surface area contributed by atoms with E-state index in [1.54, 1.807) is 0 Å². The van der Waals surface area contributed by atoms with Gasteiger partial charge in [-0.2, -0.15) is 0 Å². The Morgan fingerprint density at radius 2 is 1.83 bits per heavy atom. The SMILES string of the molecule is CC(C(=O)N1CCCC1c1ccccc1Cl)C(N)c1ccccc1. The molecule has 1 saturated heterocycles. The Morgan fingerprint density at radius 1 is 1.17 bits per heavy atom. The smallest absolute Gasteiger partial charge is 0.227 e. The number of nitrogens with two attached hydrogens (primary N) is 1. The number of amides is 1. The van der Waals surface area contributed by atoms with Crippen LogP contribution in [0.15, 0.2) is 54.6 Å². The molecule has 0 radical (unpaired) electrons. The molecule has 2 aromatic carbocycles. The summed E-state index contributed by atoms with van der Waals surface area (Å²) in [4.78, 5) is 15.0. The average Bonchev–Trinajstić information content (AvgIpc) is 3.10. The predicted molar refractivity (Wildman–Crippen MR) is 97.7 cm³/mol. The fraction of sp³-hybridized carbons (Fsp3) is 0.350. The van der Waals surface area contributed by atoms with Crippen molar-refractivity contribution in [3.63, 3.8) is 0 Å². The van der Waals surface area contributed by atoms with Gasteiger partial charge in [-0.15, -0.1) is 0 Å². The predicted octanol–water partition coefficient (Wildman–Crippen LogP) is 4.34. The lowest BCUT2D eigenvalue weighted by atomic mass is 9.93. The van der Waals surface area contributed by atoms with Crippen molar-refractivity contribution in [1.82, 2.24) is 4.90 Å². The van der Waals surface area contributed by atoms with Gasteiger partial charge in [-0.25, -0.2) is 0 Å². The Balaban J connectivity index is 1.79. The standard InChI is InChI=1S/C20H23ClN2O/c1-14(19(22)15-8-3-2-4-9-15)20(24)23-13-7-12-18(23)16-10-5-6-11-17(16)21/h2-6,8-11,14,18-19H,7,12-13,22H2,1H3. The summed E-state index contributed by atoms with van der Waals surface area (Å²) in [5.74, 6) is -0.163. The molecule has 1 heterocycles. The first-order valence-electron chi connectivity index (χ1n) is 8.45. The summed E-state index contributed by atoms with van der Waals surface area (Å²) in [5.41, 5.74) is 8.37. The Labute approximate surface area is 148 Å². The second-order valence-corrected chi connectivity index (χ2v) is 6.84. The van der Waals surface area contributed by atoms with E-state index in [1.165, 1.54) is 0 Å². The Bertz CT molecular complexity index is 704. The van der Waals surface area contributed by atoms with E-state index in [9.17, 15) is 4.79 Å². The van der Waals surface area contributed by atoms with Crippen molar-refractivity contribution in [2.75, 3.05) is 6.54 Å². The van der Waals surface area contributed by atoms with E-state index in [0.29, 0.717) is 0 Å². The number of benzene rings is 2. The van der Waals surface area contributed by atoms with E-state index in [1.807, 2.05) is 66.4 Å². The highest BCUT2D eigenvalue weighted by Crippen LogP contribution is 2.37. The number of carbonyl (C=O) groups is 1. The maximum atomic E-state index is 13.1. The molecular formula is C20H23ClN2O. The molecular weight excluding hydrogens is 320 g/mol. The van der Waals surface area contributed by atoms with Gasteiger partial charge in [0.25, 0.3) is 0 Å². The molecule has 1 aliphatic rings. The lowest BCUT2D eigenvalue weighted by Crippen LogP contribution is -2.39. The van der Waals surface area contributed by atoms with Gasteiger partial charge in [0, 0.05) is 17.6 Å². The number of hydrogen-bond acceptors (Lipinski definition) is 2. The highest BCUT2D eigenvalue weighted by Gasteiger charge is 2.35. The minimum Gasteiger partial charge on any atom is -0.335 e. The average molecular weight is 343 g/mol. The van der Waals surface area contributed by atoms with Crippen molar-refractivity contribution >= 4 is 17.5 Å². The maximum absolute atomic E-state index is 13.1. The van der Waals surface area contributed by atoms with E-state index in [-0.39, 0.29) is 23.9 Å². The van der Waals surface area contributed by atoms with Crippen LogP contribution in [0.25, 0.3) is 0 Å². The van der Waals surface area contributed by atoms with Crippen LogP contribution in [-0.2, 0) is 4.79 Å². The second kappa shape index (κ2) is 7.37. The highest BCUT2D eigenvalue weighted by molar-refractivity contribution is 6.31. The molecule has 1 amide bonds. The van der Waals surface area contributed by atoms with Crippen LogP contribution in [0.2, 0.25) is 5.02 Å². The zero-order valence-electron chi connectivity index (χ0n) is 13.9. The molecule has 0 spiro atoms. The van der Waals surface area contributed by atoms with Gasteiger partial charge in [0.2, 0.25) is 5.91 Å². The van der Waals surface area contributed by atoms with Crippen LogP contribution in [0.3, 0.4) is 0 Å². The van der Waals surface area contributed by atoms with Gasteiger partial charge in [-0.3, -0.25) is 4.79 Å². The Hall–Kier alpha value is -1.84. The summed E-state index contributed by atoms with van der Waals surface area (Å²) in [6.07, 6.45) is 1.94. The molecule has 2 N–H and O–H groups in total. The van der Waals surface area contributed by atoms with Crippen LogP contribution in [0, 0.1) is 5.92 Å². The van der Waals surface area contributed by atoms with Crippen LogP contribution in [0.5, 0.6) is 0 Å². The Morgan fingerprint density at radius 3 is 2.54 bits per heavy atom. The molecule has 2 aromatic rings. The van der Waals surface area contributed by atoms with E-state index >= 15 is 0 Å². The molecule has 3 atom stereocenters. The van der Waals surface area contributed by atoms with Crippen molar-refractivity contribution in [3.8, 4) is 0 Å². The zero-order chi connectivity index (χ0) is 17.1. The fourth-order valence-corrected chi connectivity index (χ4v) is 3.74. The first-order valence-corrected chi connectivity index (χ1v) is 8.83. The van der Waals surface area contributed by atoms with Gasteiger partial charge < -0.3 is 10.6 Å². The lowest BCUT2D eigenvalue weighted by Gasteiger charge is -2.30. The van der Waals surface area contributed by atoms with E-state index in [4.69, 9.17) is 17.3 Å². The van der Waals surface area contributed by atoms with Crippen molar-refractivity contribution < 1.29 is 4.79 Å². The van der Waals surface area contributed by atoms with Crippen molar-refractivity contribution in [3.05, 3.63) is 70.7 Å². The van der Waals surface area contributed by atoms with Crippen molar-refractivity contribution in [2.45, 2.75) is 31.8 Å². The van der Waals surface area contributed by atoms with E-state index in [2.05, 4.69) is 0 Å². The van der Waals surface area contributed by atoms with Gasteiger partial charge in [0.05, 0.1) is 12.0 Å². The summed E-state index contributed by atoms with van der Waals surface area (Å²) in [7, 11) is 0. The molecule has 0 saturated carbocycles. The van der Waals surface area contributed by atoms with E-state index in [0.717, 1.165) is 35.5 Å². The summed E-state index contributed by atoms with van der Waals surface area (Å²) in [6, 6.07) is 17.4. The summed E-state index contributed by atoms with van der Waals surface area (Å²) < 4.78 is 0.